The van der Waals surface area contributed by atoms with Crippen molar-refractivity contribution >= 4 is 11.5 Å². The lowest BCUT2D eigenvalue weighted by Crippen LogP contribution is -2.14. The van der Waals surface area contributed by atoms with Gasteiger partial charge in [0.05, 0.1) is 23.5 Å². The van der Waals surface area contributed by atoms with E-state index < -0.39 is 6.10 Å². The van der Waals surface area contributed by atoms with Crippen LogP contribution in [0.2, 0.25) is 0 Å². The molecule has 0 heterocycles. The van der Waals surface area contributed by atoms with E-state index in [9.17, 15) is 15.2 Å². The number of nitrogens with one attached hydrogen (secondary N) is 1. The van der Waals surface area contributed by atoms with Crippen LogP contribution >= 0.6 is 0 Å². The first kappa shape index (κ1) is 18.5. The van der Waals surface area contributed by atoms with Crippen molar-refractivity contribution in [3.63, 3.8) is 0 Å². The molecule has 5 heteroatoms. The van der Waals surface area contributed by atoms with Gasteiger partial charge in [0, 0.05) is 12.1 Å². The average Bonchev–Trinajstić information content (AvgIpc) is 2.58. The molecule has 130 valence electrons. The number of carbonyl (C=O) groups is 1. The number of ether oxygens (including phenoxy) is 1. The number of aliphatic hydroxyl groups is 1. The fourth-order valence-corrected chi connectivity index (χ4v) is 2.40. The Morgan fingerprint density at radius 2 is 2.04 bits per heavy atom. The number of rotatable bonds is 7. The predicted molar refractivity (Wildman–Crippen MR) is 96.8 cm³/mol. The minimum atomic E-state index is -0.775. The standard InChI is InChI=1S/C20H22N2O3/c1-13(2)25-18-6-4-5-16(9-18)20(24)12-22-19-10-15(14(3)23)7-8-17(19)11-21/h4-10,13,20,22,24H,12H2,1-3H3. The van der Waals surface area contributed by atoms with Gasteiger partial charge in [0.25, 0.3) is 0 Å². The van der Waals surface area contributed by atoms with Crippen molar-refractivity contribution in [2.45, 2.75) is 33.0 Å². The quantitative estimate of drug-likeness (QED) is 0.752. The third-order valence-corrected chi connectivity index (χ3v) is 3.65. The maximum atomic E-state index is 11.5. The van der Waals surface area contributed by atoms with E-state index in [4.69, 9.17) is 4.74 Å². The minimum absolute atomic E-state index is 0.0537. The molecule has 0 aliphatic heterocycles. The molecule has 0 amide bonds. The molecule has 1 unspecified atom stereocenters. The Labute approximate surface area is 147 Å². The maximum Gasteiger partial charge on any atom is 0.159 e. The van der Waals surface area contributed by atoms with Crippen LogP contribution in [-0.4, -0.2) is 23.5 Å². The Balaban J connectivity index is 2.12. The van der Waals surface area contributed by atoms with Crippen molar-refractivity contribution < 1.29 is 14.6 Å². The number of ketones is 1. The molecule has 0 aromatic heterocycles. The van der Waals surface area contributed by atoms with Gasteiger partial charge in [0.2, 0.25) is 0 Å². The van der Waals surface area contributed by atoms with Crippen molar-refractivity contribution in [1.29, 1.82) is 5.26 Å². The number of nitrogens with zero attached hydrogens (tertiary/aromatic N) is 1. The molecule has 0 radical (unpaired) electrons. The number of carbonyl (C=O) groups excluding carboxylic acids is 1. The van der Waals surface area contributed by atoms with Crippen LogP contribution in [0.3, 0.4) is 0 Å². The molecule has 1 atom stereocenters. The number of aliphatic hydroxyl groups excluding tert-OH is 1. The van der Waals surface area contributed by atoms with Gasteiger partial charge in [-0.15, -0.1) is 0 Å². The van der Waals surface area contributed by atoms with Gasteiger partial charge in [-0.25, -0.2) is 0 Å². The molecule has 0 spiro atoms. The normalized spacial score (nSPS) is 11.7. The molecular formula is C20H22N2O3. The molecule has 25 heavy (non-hydrogen) atoms. The number of anilines is 1. The monoisotopic (exact) mass is 338 g/mol. The molecule has 0 saturated heterocycles. The summed E-state index contributed by atoms with van der Waals surface area (Å²) >= 11 is 0. The lowest BCUT2D eigenvalue weighted by molar-refractivity contribution is 0.101. The number of Topliss-reactive ketones (excluding diaryl/α,β-unsaturated/α-hetero) is 1. The second-order valence-corrected chi connectivity index (χ2v) is 6.06. The summed E-state index contributed by atoms with van der Waals surface area (Å²) in [5.74, 6) is 0.620. The zero-order chi connectivity index (χ0) is 18.4. The van der Waals surface area contributed by atoms with Gasteiger partial charge in [-0.2, -0.15) is 5.26 Å². The molecule has 0 aliphatic carbocycles. The van der Waals surface area contributed by atoms with Crippen LogP contribution in [0, 0.1) is 11.3 Å². The van der Waals surface area contributed by atoms with Gasteiger partial charge in [-0.05, 0) is 56.7 Å². The predicted octanol–water partition coefficient (Wildman–Crippen LogP) is 3.69. The highest BCUT2D eigenvalue weighted by molar-refractivity contribution is 5.95. The van der Waals surface area contributed by atoms with Gasteiger partial charge >= 0.3 is 0 Å². The lowest BCUT2D eigenvalue weighted by atomic mass is 10.1. The molecule has 0 bridgehead atoms. The zero-order valence-electron chi connectivity index (χ0n) is 14.6. The summed E-state index contributed by atoms with van der Waals surface area (Å²) in [7, 11) is 0. The first-order chi connectivity index (χ1) is 11.9. The van der Waals surface area contributed by atoms with Crippen LogP contribution in [0.1, 0.15) is 48.4 Å². The van der Waals surface area contributed by atoms with E-state index in [-0.39, 0.29) is 18.4 Å². The largest absolute Gasteiger partial charge is 0.491 e. The van der Waals surface area contributed by atoms with Crippen LogP contribution in [0.25, 0.3) is 0 Å². The van der Waals surface area contributed by atoms with E-state index in [0.29, 0.717) is 28.1 Å². The van der Waals surface area contributed by atoms with E-state index in [1.165, 1.54) is 6.92 Å². The Morgan fingerprint density at radius 1 is 1.28 bits per heavy atom. The highest BCUT2D eigenvalue weighted by Gasteiger charge is 2.12. The Bertz CT molecular complexity index is 794. The van der Waals surface area contributed by atoms with Crippen LogP contribution in [0.15, 0.2) is 42.5 Å². The molecule has 2 aromatic carbocycles. The van der Waals surface area contributed by atoms with Crippen molar-refractivity contribution in [2.24, 2.45) is 0 Å². The molecule has 5 nitrogen and oxygen atoms in total. The first-order valence-electron chi connectivity index (χ1n) is 8.14. The summed E-state index contributed by atoms with van der Waals surface area (Å²) in [4.78, 5) is 11.5. The summed E-state index contributed by atoms with van der Waals surface area (Å²) < 4.78 is 5.63. The van der Waals surface area contributed by atoms with Crippen molar-refractivity contribution in [2.75, 3.05) is 11.9 Å². The highest BCUT2D eigenvalue weighted by Crippen LogP contribution is 2.22. The molecule has 2 rings (SSSR count). The van der Waals surface area contributed by atoms with E-state index in [1.807, 2.05) is 32.0 Å². The zero-order valence-corrected chi connectivity index (χ0v) is 14.6. The summed E-state index contributed by atoms with van der Waals surface area (Å²) in [6.07, 6.45) is -0.721. The van der Waals surface area contributed by atoms with Gasteiger partial charge in [-0.1, -0.05) is 12.1 Å². The Morgan fingerprint density at radius 3 is 2.68 bits per heavy atom. The third-order valence-electron chi connectivity index (χ3n) is 3.65. The fraction of sp³-hybridized carbons (Fsp3) is 0.300. The second-order valence-electron chi connectivity index (χ2n) is 6.06. The van der Waals surface area contributed by atoms with E-state index >= 15 is 0 Å². The Hall–Kier alpha value is -2.84. The van der Waals surface area contributed by atoms with Crippen molar-refractivity contribution in [1.82, 2.24) is 0 Å². The number of hydrogen-bond donors (Lipinski definition) is 2. The van der Waals surface area contributed by atoms with E-state index in [1.54, 1.807) is 24.3 Å². The summed E-state index contributed by atoms with van der Waals surface area (Å²) in [5.41, 5.74) is 2.19. The van der Waals surface area contributed by atoms with Gasteiger partial charge in [-0.3, -0.25) is 4.79 Å². The van der Waals surface area contributed by atoms with E-state index in [0.717, 1.165) is 0 Å². The average molecular weight is 338 g/mol. The maximum absolute atomic E-state index is 11.5. The Kier molecular flexibility index (Phi) is 6.15. The molecule has 0 aliphatic rings. The fourth-order valence-electron chi connectivity index (χ4n) is 2.40. The first-order valence-corrected chi connectivity index (χ1v) is 8.14. The lowest BCUT2D eigenvalue weighted by Gasteiger charge is -2.16. The van der Waals surface area contributed by atoms with Crippen LogP contribution in [0.4, 0.5) is 5.69 Å². The molecule has 2 aromatic rings. The minimum Gasteiger partial charge on any atom is -0.491 e. The van der Waals surface area contributed by atoms with Gasteiger partial charge in [0.15, 0.2) is 5.78 Å². The summed E-state index contributed by atoms with van der Waals surface area (Å²) in [6, 6.07) is 14.2. The van der Waals surface area contributed by atoms with Crippen molar-refractivity contribution in [3.8, 4) is 11.8 Å². The van der Waals surface area contributed by atoms with Gasteiger partial charge < -0.3 is 15.2 Å². The summed E-state index contributed by atoms with van der Waals surface area (Å²) in [5, 5.41) is 22.7. The number of nitriles is 1. The van der Waals surface area contributed by atoms with E-state index in [2.05, 4.69) is 11.4 Å². The van der Waals surface area contributed by atoms with Gasteiger partial charge in [0.1, 0.15) is 11.8 Å². The number of benzene rings is 2. The molecular weight excluding hydrogens is 316 g/mol. The molecule has 2 N–H and O–H groups in total. The van der Waals surface area contributed by atoms with Crippen LogP contribution < -0.4 is 10.1 Å². The SMILES string of the molecule is CC(=O)c1ccc(C#N)c(NCC(O)c2cccc(OC(C)C)c2)c1. The third kappa shape index (κ3) is 5.07. The smallest absolute Gasteiger partial charge is 0.159 e. The highest BCUT2D eigenvalue weighted by atomic mass is 16.5. The topological polar surface area (TPSA) is 82.4 Å². The van der Waals surface area contributed by atoms with Crippen LogP contribution in [0.5, 0.6) is 5.75 Å². The summed E-state index contributed by atoms with van der Waals surface area (Å²) in [6.45, 7) is 5.56. The second kappa shape index (κ2) is 8.32. The van der Waals surface area contributed by atoms with Crippen LogP contribution in [-0.2, 0) is 0 Å². The van der Waals surface area contributed by atoms with Crippen molar-refractivity contribution in [3.05, 3.63) is 59.2 Å². The molecule has 0 fully saturated rings. The molecule has 0 saturated carbocycles. The number of hydrogen-bond acceptors (Lipinski definition) is 5.